The van der Waals surface area contributed by atoms with Gasteiger partial charge in [-0.3, -0.25) is 9.69 Å². The summed E-state index contributed by atoms with van der Waals surface area (Å²) < 4.78 is 0. The van der Waals surface area contributed by atoms with E-state index in [2.05, 4.69) is 15.3 Å². The van der Waals surface area contributed by atoms with Crippen molar-refractivity contribution >= 4 is 35.5 Å². The lowest BCUT2D eigenvalue weighted by molar-refractivity contribution is -0.107. The first-order valence-electron chi connectivity index (χ1n) is 7.34. The summed E-state index contributed by atoms with van der Waals surface area (Å²) in [6.45, 7) is 4.46. The Balaban J connectivity index is 2.38. The molecule has 0 aliphatic rings. The van der Waals surface area contributed by atoms with Gasteiger partial charge in [-0.05, 0) is 18.2 Å². The Kier molecular flexibility index (Phi) is 5.81. The molecule has 0 saturated heterocycles. The van der Waals surface area contributed by atoms with E-state index < -0.39 is 0 Å². The number of aromatic nitrogens is 2. The number of nitrogens with zero attached hydrogens (tertiary/aromatic N) is 3. The van der Waals surface area contributed by atoms with Crippen LogP contribution in [0.25, 0.3) is 0 Å². The molecule has 0 aliphatic carbocycles. The van der Waals surface area contributed by atoms with Crippen LogP contribution in [-0.4, -0.2) is 29.2 Å². The number of carbonyl (C=O) groups is 1. The van der Waals surface area contributed by atoms with Gasteiger partial charge in [0.05, 0.1) is 6.54 Å². The summed E-state index contributed by atoms with van der Waals surface area (Å²) in [4.78, 5) is 21.9. The second-order valence-corrected chi connectivity index (χ2v) is 6.22. The highest BCUT2D eigenvalue weighted by atomic mass is 32.2. The molecule has 0 saturated carbocycles. The summed E-state index contributed by atoms with van der Waals surface area (Å²) in [6, 6.07) is 8.03. The van der Waals surface area contributed by atoms with Gasteiger partial charge in [0.2, 0.25) is 6.41 Å². The van der Waals surface area contributed by atoms with E-state index >= 15 is 0 Å². The highest BCUT2D eigenvalue weighted by Crippen LogP contribution is 2.31. The minimum absolute atomic E-state index is 0.337. The first-order chi connectivity index (χ1) is 11.1. The van der Waals surface area contributed by atoms with Crippen molar-refractivity contribution in [1.82, 2.24) is 9.97 Å². The maximum absolute atomic E-state index is 11.6. The monoisotopic (exact) mass is 331 g/mol. The van der Waals surface area contributed by atoms with Crippen molar-refractivity contribution in [2.24, 2.45) is 0 Å². The standard InChI is InChI=1S/C16H21N5OS/c1-4-23-16-19-14(17)13(18-3)15(20-16)21(10-22)9-12-7-5-11(2)6-8-12/h5-8,10,18H,4,9H2,1-3H3,(H2,17,19,20). The van der Waals surface area contributed by atoms with Crippen LogP contribution in [0.1, 0.15) is 18.1 Å². The van der Waals surface area contributed by atoms with E-state index in [1.54, 1.807) is 7.05 Å². The Morgan fingerprint density at radius 3 is 2.57 bits per heavy atom. The first kappa shape index (κ1) is 17.1. The van der Waals surface area contributed by atoms with Gasteiger partial charge in [0.15, 0.2) is 16.8 Å². The van der Waals surface area contributed by atoms with Crippen LogP contribution < -0.4 is 16.0 Å². The second-order valence-electron chi connectivity index (χ2n) is 4.99. The van der Waals surface area contributed by atoms with Crippen LogP contribution in [0.2, 0.25) is 0 Å². The summed E-state index contributed by atoms with van der Waals surface area (Å²) in [7, 11) is 1.74. The number of nitrogen functional groups attached to an aromatic ring is 1. The van der Waals surface area contributed by atoms with E-state index in [1.165, 1.54) is 22.2 Å². The summed E-state index contributed by atoms with van der Waals surface area (Å²) in [5.41, 5.74) is 8.76. The number of anilines is 3. The molecule has 2 aromatic rings. The molecule has 6 nitrogen and oxygen atoms in total. The number of aryl methyl sites for hydroxylation is 1. The molecule has 3 N–H and O–H groups in total. The smallest absolute Gasteiger partial charge is 0.215 e. The Hall–Kier alpha value is -2.28. The summed E-state index contributed by atoms with van der Waals surface area (Å²) in [5, 5.41) is 3.55. The molecule has 1 aromatic heterocycles. The average Bonchev–Trinajstić information content (AvgIpc) is 2.54. The van der Waals surface area contributed by atoms with Crippen LogP contribution in [0.5, 0.6) is 0 Å². The predicted octanol–water partition coefficient (Wildman–Crippen LogP) is 2.68. The van der Waals surface area contributed by atoms with Crippen LogP contribution in [0.4, 0.5) is 17.3 Å². The van der Waals surface area contributed by atoms with E-state index in [4.69, 9.17) is 5.73 Å². The molecule has 23 heavy (non-hydrogen) atoms. The van der Waals surface area contributed by atoms with Crippen LogP contribution in [0.3, 0.4) is 0 Å². The molecule has 2 rings (SSSR count). The lowest BCUT2D eigenvalue weighted by atomic mass is 10.1. The summed E-state index contributed by atoms with van der Waals surface area (Å²) in [5.74, 6) is 1.66. The molecule has 0 spiro atoms. The molecular formula is C16H21N5OS. The van der Waals surface area contributed by atoms with Crippen LogP contribution in [-0.2, 0) is 11.3 Å². The molecule has 0 unspecified atom stereocenters. The molecule has 0 atom stereocenters. The molecule has 0 fully saturated rings. The van der Waals surface area contributed by atoms with Gasteiger partial charge in [-0.25, -0.2) is 9.97 Å². The second kappa shape index (κ2) is 7.82. The fourth-order valence-electron chi connectivity index (χ4n) is 2.14. The zero-order valence-electron chi connectivity index (χ0n) is 13.5. The highest BCUT2D eigenvalue weighted by Gasteiger charge is 2.18. The molecular weight excluding hydrogens is 310 g/mol. The van der Waals surface area contributed by atoms with Gasteiger partial charge in [0, 0.05) is 7.05 Å². The topological polar surface area (TPSA) is 84.1 Å². The summed E-state index contributed by atoms with van der Waals surface area (Å²) in [6.07, 6.45) is 0.767. The van der Waals surface area contributed by atoms with Gasteiger partial charge in [0.1, 0.15) is 5.69 Å². The number of nitrogens with one attached hydrogen (secondary N) is 1. The van der Waals surface area contributed by atoms with Crippen molar-refractivity contribution in [3.05, 3.63) is 35.4 Å². The lowest BCUT2D eigenvalue weighted by Crippen LogP contribution is -2.24. The molecule has 122 valence electrons. The fourth-order valence-corrected chi connectivity index (χ4v) is 2.71. The van der Waals surface area contributed by atoms with E-state index in [1.807, 2.05) is 38.1 Å². The number of amides is 1. The van der Waals surface area contributed by atoms with Gasteiger partial charge in [-0.15, -0.1) is 0 Å². The molecule has 0 bridgehead atoms. The number of thioether (sulfide) groups is 1. The highest BCUT2D eigenvalue weighted by molar-refractivity contribution is 7.99. The molecule has 1 amide bonds. The van der Waals surface area contributed by atoms with E-state index in [9.17, 15) is 4.79 Å². The van der Waals surface area contributed by atoms with Gasteiger partial charge in [0.25, 0.3) is 0 Å². The van der Waals surface area contributed by atoms with Gasteiger partial charge in [-0.1, -0.05) is 48.5 Å². The normalized spacial score (nSPS) is 10.4. The number of hydrogen-bond donors (Lipinski definition) is 2. The van der Waals surface area contributed by atoms with Crippen LogP contribution in [0.15, 0.2) is 29.4 Å². The first-order valence-corrected chi connectivity index (χ1v) is 8.33. The zero-order chi connectivity index (χ0) is 16.8. The SMILES string of the molecule is CCSc1nc(N)c(NC)c(N(C=O)Cc2ccc(C)cc2)n1. The Morgan fingerprint density at radius 1 is 1.30 bits per heavy atom. The quantitative estimate of drug-likeness (QED) is 0.461. The predicted molar refractivity (Wildman–Crippen MR) is 95.8 cm³/mol. The molecule has 0 radical (unpaired) electrons. The average molecular weight is 331 g/mol. The number of nitrogens with two attached hydrogens (primary N) is 1. The minimum Gasteiger partial charge on any atom is -0.382 e. The molecule has 1 aromatic carbocycles. The van der Waals surface area contributed by atoms with E-state index in [0.717, 1.165) is 17.7 Å². The molecule has 1 heterocycles. The largest absolute Gasteiger partial charge is 0.382 e. The summed E-state index contributed by atoms with van der Waals surface area (Å²) >= 11 is 1.49. The fraction of sp³-hybridized carbons (Fsp3) is 0.312. The molecule has 7 heteroatoms. The lowest BCUT2D eigenvalue weighted by Gasteiger charge is -2.21. The number of rotatable bonds is 7. The maximum atomic E-state index is 11.6. The minimum atomic E-state index is 0.337. The third-order valence-electron chi connectivity index (χ3n) is 3.29. The van der Waals surface area contributed by atoms with Crippen LogP contribution in [0, 0.1) is 6.92 Å². The van der Waals surface area contributed by atoms with Crippen molar-refractivity contribution in [3.63, 3.8) is 0 Å². The third kappa shape index (κ3) is 4.13. The van der Waals surface area contributed by atoms with Gasteiger partial charge < -0.3 is 11.1 Å². The van der Waals surface area contributed by atoms with Crippen molar-refractivity contribution < 1.29 is 4.79 Å². The number of benzene rings is 1. The van der Waals surface area contributed by atoms with Crippen molar-refractivity contribution in [3.8, 4) is 0 Å². The van der Waals surface area contributed by atoms with E-state index in [-0.39, 0.29) is 0 Å². The van der Waals surface area contributed by atoms with Crippen molar-refractivity contribution in [2.75, 3.05) is 28.8 Å². The molecule has 0 aliphatic heterocycles. The van der Waals surface area contributed by atoms with Gasteiger partial charge in [-0.2, -0.15) is 0 Å². The Bertz CT molecular complexity index is 675. The van der Waals surface area contributed by atoms with Crippen LogP contribution >= 0.6 is 11.8 Å². The number of carbonyl (C=O) groups excluding carboxylic acids is 1. The number of hydrogen-bond acceptors (Lipinski definition) is 6. The Labute approximate surface area is 140 Å². The van der Waals surface area contributed by atoms with E-state index in [0.29, 0.717) is 29.0 Å². The maximum Gasteiger partial charge on any atom is 0.215 e. The van der Waals surface area contributed by atoms with Crippen molar-refractivity contribution in [2.45, 2.75) is 25.5 Å². The third-order valence-corrected chi connectivity index (χ3v) is 4.02. The van der Waals surface area contributed by atoms with Gasteiger partial charge >= 0.3 is 0 Å². The Morgan fingerprint density at radius 2 is 2.00 bits per heavy atom. The zero-order valence-corrected chi connectivity index (χ0v) is 14.4. The van der Waals surface area contributed by atoms with Crippen molar-refractivity contribution in [1.29, 1.82) is 0 Å².